The molecule has 5 heteroatoms. The molecule has 0 spiro atoms. The first kappa shape index (κ1) is 15.3. The Morgan fingerprint density at radius 1 is 1.50 bits per heavy atom. The number of carbonyl (C=O) groups is 1. The van der Waals surface area contributed by atoms with Crippen molar-refractivity contribution in [3.05, 3.63) is 0 Å². The molecule has 96 valence electrons. The van der Waals surface area contributed by atoms with E-state index < -0.39 is 0 Å². The maximum absolute atomic E-state index is 11.5. The SMILES string of the molecule is CC(C)(C)C(CCO)NC(=O)COCCN. The van der Waals surface area contributed by atoms with Gasteiger partial charge in [-0.2, -0.15) is 0 Å². The zero-order valence-corrected chi connectivity index (χ0v) is 10.5. The minimum Gasteiger partial charge on any atom is -0.396 e. The number of nitrogens with two attached hydrogens (primary N) is 1. The van der Waals surface area contributed by atoms with Crippen molar-refractivity contribution in [2.24, 2.45) is 11.1 Å². The van der Waals surface area contributed by atoms with Gasteiger partial charge in [-0.3, -0.25) is 4.79 Å². The summed E-state index contributed by atoms with van der Waals surface area (Å²) in [5.74, 6) is -0.165. The third kappa shape index (κ3) is 6.76. The van der Waals surface area contributed by atoms with Gasteiger partial charge in [-0.15, -0.1) is 0 Å². The molecule has 4 N–H and O–H groups in total. The highest BCUT2D eigenvalue weighted by molar-refractivity contribution is 5.77. The molecule has 0 aromatic carbocycles. The van der Waals surface area contributed by atoms with Gasteiger partial charge in [0.05, 0.1) is 6.61 Å². The molecule has 16 heavy (non-hydrogen) atoms. The number of aliphatic hydroxyl groups excluding tert-OH is 1. The van der Waals surface area contributed by atoms with E-state index in [1.807, 2.05) is 20.8 Å². The Labute approximate surface area is 97.3 Å². The molecule has 0 saturated heterocycles. The Morgan fingerprint density at radius 3 is 2.56 bits per heavy atom. The molecule has 0 aromatic heterocycles. The fourth-order valence-electron chi connectivity index (χ4n) is 1.33. The summed E-state index contributed by atoms with van der Waals surface area (Å²) < 4.78 is 5.04. The summed E-state index contributed by atoms with van der Waals surface area (Å²) in [6, 6.07) is -0.0496. The predicted molar refractivity (Wildman–Crippen MR) is 63.0 cm³/mol. The lowest BCUT2D eigenvalue weighted by molar-refractivity contribution is -0.127. The van der Waals surface area contributed by atoms with Crippen LogP contribution in [0.1, 0.15) is 27.2 Å². The quantitative estimate of drug-likeness (QED) is 0.534. The van der Waals surface area contributed by atoms with Crippen LogP contribution < -0.4 is 11.1 Å². The number of nitrogens with one attached hydrogen (secondary N) is 1. The van der Waals surface area contributed by atoms with Gasteiger partial charge in [0.25, 0.3) is 0 Å². The van der Waals surface area contributed by atoms with Crippen LogP contribution in [0.5, 0.6) is 0 Å². The van der Waals surface area contributed by atoms with E-state index in [2.05, 4.69) is 5.32 Å². The average Bonchev–Trinajstić information content (AvgIpc) is 2.16. The second-order valence-electron chi connectivity index (χ2n) is 4.84. The zero-order chi connectivity index (χ0) is 12.6. The molecule has 1 unspecified atom stereocenters. The van der Waals surface area contributed by atoms with E-state index in [4.69, 9.17) is 15.6 Å². The third-order valence-corrected chi connectivity index (χ3v) is 2.29. The molecule has 0 fully saturated rings. The lowest BCUT2D eigenvalue weighted by Gasteiger charge is -2.31. The van der Waals surface area contributed by atoms with Gasteiger partial charge >= 0.3 is 0 Å². The maximum Gasteiger partial charge on any atom is 0.246 e. The van der Waals surface area contributed by atoms with Gasteiger partial charge in [-0.1, -0.05) is 20.8 Å². The van der Waals surface area contributed by atoms with E-state index in [-0.39, 0.29) is 30.6 Å². The molecule has 5 nitrogen and oxygen atoms in total. The minimum atomic E-state index is -0.165. The van der Waals surface area contributed by atoms with Crippen LogP contribution in [0.3, 0.4) is 0 Å². The van der Waals surface area contributed by atoms with Crippen molar-refractivity contribution in [2.45, 2.75) is 33.2 Å². The normalized spacial score (nSPS) is 13.6. The molecule has 0 bridgehead atoms. The molecule has 1 amide bonds. The second kappa shape index (κ2) is 7.60. The van der Waals surface area contributed by atoms with Crippen molar-refractivity contribution >= 4 is 5.91 Å². The van der Waals surface area contributed by atoms with Gasteiger partial charge in [-0.25, -0.2) is 0 Å². The summed E-state index contributed by atoms with van der Waals surface area (Å²) in [7, 11) is 0. The van der Waals surface area contributed by atoms with Crippen molar-refractivity contribution < 1.29 is 14.6 Å². The number of carbonyl (C=O) groups excluding carboxylic acids is 1. The first-order valence-electron chi connectivity index (χ1n) is 5.60. The molecular weight excluding hydrogens is 208 g/mol. The van der Waals surface area contributed by atoms with E-state index >= 15 is 0 Å². The highest BCUT2D eigenvalue weighted by Gasteiger charge is 2.25. The van der Waals surface area contributed by atoms with E-state index in [1.165, 1.54) is 0 Å². The molecule has 0 aliphatic carbocycles. The van der Waals surface area contributed by atoms with Crippen LogP contribution in [-0.4, -0.2) is 43.4 Å². The molecule has 0 saturated carbocycles. The number of rotatable bonds is 7. The standard InChI is InChI=1S/C11H24N2O3/c1-11(2,3)9(4-6-14)13-10(15)8-16-7-5-12/h9,14H,4-8,12H2,1-3H3,(H,13,15). The number of hydrogen-bond donors (Lipinski definition) is 3. The molecule has 0 heterocycles. The van der Waals surface area contributed by atoms with Gasteiger partial charge in [0, 0.05) is 19.2 Å². The lowest BCUT2D eigenvalue weighted by Crippen LogP contribution is -2.45. The van der Waals surface area contributed by atoms with Gasteiger partial charge in [0.15, 0.2) is 0 Å². The summed E-state index contributed by atoms with van der Waals surface area (Å²) in [6.07, 6.45) is 0.548. The summed E-state index contributed by atoms with van der Waals surface area (Å²) in [5.41, 5.74) is 5.17. The first-order chi connectivity index (χ1) is 7.41. The molecule has 0 aromatic rings. The maximum atomic E-state index is 11.5. The Morgan fingerprint density at radius 2 is 2.12 bits per heavy atom. The van der Waals surface area contributed by atoms with Crippen molar-refractivity contribution in [3.8, 4) is 0 Å². The van der Waals surface area contributed by atoms with E-state index in [1.54, 1.807) is 0 Å². The minimum absolute atomic E-state index is 0.0230. The fourth-order valence-corrected chi connectivity index (χ4v) is 1.33. The molecule has 0 rings (SSSR count). The number of ether oxygens (including phenoxy) is 1. The van der Waals surface area contributed by atoms with Gasteiger partial charge in [0.1, 0.15) is 6.61 Å². The Balaban J connectivity index is 4.04. The van der Waals surface area contributed by atoms with Gasteiger partial charge < -0.3 is 20.9 Å². The highest BCUT2D eigenvalue weighted by Crippen LogP contribution is 2.21. The molecule has 0 aliphatic heterocycles. The van der Waals surface area contributed by atoms with Crippen LogP contribution in [0.25, 0.3) is 0 Å². The summed E-state index contributed by atoms with van der Waals surface area (Å²) in [5, 5.41) is 11.8. The molecule has 0 radical (unpaired) electrons. The Kier molecular flexibility index (Phi) is 7.29. The smallest absolute Gasteiger partial charge is 0.246 e. The van der Waals surface area contributed by atoms with Crippen molar-refractivity contribution in [3.63, 3.8) is 0 Å². The van der Waals surface area contributed by atoms with Crippen LogP contribution in [0, 0.1) is 5.41 Å². The monoisotopic (exact) mass is 232 g/mol. The van der Waals surface area contributed by atoms with E-state index in [0.29, 0.717) is 19.6 Å². The van der Waals surface area contributed by atoms with Gasteiger partial charge in [-0.05, 0) is 11.8 Å². The Hall–Kier alpha value is -0.650. The Bertz CT molecular complexity index is 202. The van der Waals surface area contributed by atoms with Crippen LogP contribution in [0.4, 0.5) is 0 Å². The summed E-state index contributed by atoms with van der Waals surface area (Å²) in [6.45, 7) is 6.94. The predicted octanol–water partition coefficient (Wildman–Crippen LogP) is -0.125. The van der Waals surface area contributed by atoms with Gasteiger partial charge in [0.2, 0.25) is 5.91 Å². The van der Waals surface area contributed by atoms with Crippen LogP contribution in [0.2, 0.25) is 0 Å². The van der Waals surface area contributed by atoms with Crippen molar-refractivity contribution in [1.29, 1.82) is 0 Å². The second-order valence-corrected chi connectivity index (χ2v) is 4.84. The third-order valence-electron chi connectivity index (χ3n) is 2.29. The highest BCUT2D eigenvalue weighted by atomic mass is 16.5. The number of amides is 1. The topological polar surface area (TPSA) is 84.6 Å². The molecular formula is C11H24N2O3. The van der Waals surface area contributed by atoms with E-state index in [0.717, 1.165) is 0 Å². The van der Waals surface area contributed by atoms with Crippen LogP contribution >= 0.6 is 0 Å². The summed E-state index contributed by atoms with van der Waals surface area (Å²) in [4.78, 5) is 11.5. The lowest BCUT2D eigenvalue weighted by atomic mass is 9.85. The first-order valence-corrected chi connectivity index (χ1v) is 5.60. The zero-order valence-electron chi connectivity index (χ0n) is 10.5. The van der Waals surface area contributed by atoms with E-state index in [9.17, 15) is 4.79 Å². The number of aliphatic hydroxyl groups is 1. The van der Waals surface area contributed by atoms with Crippen molar-refractivity contribution in [2.75, 3.05) is 26.4 Å². The van der Waals surface area contributed by atoms with Crippen LogP contribution in [0.15, 0.2) is 0 Å². The largest absolute Gasteiger partial charge is 0.396 e. The average molecular weight is 232 g/mol. The number of hydrogen-bond acceptors (Lipinski definition) is 4. The van der Waals surface area contributed by atoms with Crippen molar-refractivity contribution in [1.82, 2.24) is 5.32 Å². The molecule has 1 atom stereocenters. The summed E-state index contributed by atoms with van der Waals surface area (Å²) >= 11 is 0. The molecule has 0 aliphatic rings. The van der Waals surface area contributed by atoms with Crippen LogP contribution in [-0.2, 0) is 9.53 Å². The fraction of sp³-hybridized carbons (Fsp3) is 0.909.